The SMILES string of the molecule is CCCCCCCCCCCCCOC(=O)C(CC)(CC)C(=O)OC(CCC)CCC. The molecule has 0 aliphatic heterocycles. The van der Waals surface area contributed by atoms with Gasteiger partial charge in [-0.05, 0) is 32.1 Å². The second kappa shape index (κ2) is 19.6. The first-order valence-electron chi connectivity index (χ1n) is 13.4. The van der Waals surface area contributed by atoms with Gasteiger partial charge in [-0.15, -0.1) is 0 Å². The maximum atomic E-state index is 12.9. The third-order valence-corrected chi connectivity index (χ3v) is 6.46. The van der Waals surface area contributed by atoms with Crippen molar-refractivity contribution < 1.29 is 19.1 Å². The molecule has 0 fully saturated rings. The highest BCUT2D eigenvalue weighted by Gasteiger charge is 2.46. The Labute approximate surface area is 193 Å². The summed E-state index contributed by atoms with van der Waals surface area (Å²) in [6, 6.07) is 0. The van der Waals surface area contributed by atoms with Crippen LogP contribution in [0, 0.1) is 5.41 Å². The molecule has 0 amide bonds. The summed E-state index contributed by atoms with van der Waals surface area (Å²) < 4.78 is 11.3. The van der Waals surface area contributed by atoms with E-state index in [2.05, 4.69) is 20.8 Å². The zero-order valence-corrected chi connectivity index (χ0v) is 21.4. The van der Waals surface area contributed by atoms with E-state index in [4.69, 9.17) is 9.47 Å². The van der Waals surface area contributed by atoms with Crippen molar-refractivity contribution in [1.29, 1.82) is 0 Å². The van der Waals surface area contributed by atoms with Crippen LogP contribution in [0.25, 0.3) is 0 Å². The number of hydrogen-bond donors (Lipinski definition) is 0. The lowest BCUT2D eigenvalue weighted by atomic mass is 9.82. The van der Waals surface area contributed by atoms with Crippen LogP contribution in [-0.2, 0) is 19.1 Å². The first kappa shape index (κ1) is 29.9. The number of unbranched alkanes of at least 4 members (excludes halogenated alkanes) is 10. The van der Waals surface area contributed by atoms with Gasteiger partial charge in [0.05, 0.1) is 6.61 Å². The number of ether oxygens (including phenoxy) is 2. The molecule has 0 spiro atoms. The van der Waals surface area contributed by atoms with Gasteiger partial charge in [-0.25, -0.2) is 0 Å². The second-order valence-corrected chi connectivity index (χ2v) is 9.07. The lowest BCUT2D eigenvalue weighted by molar-refractivity contribution is -0.177. The number of carbonyl (C=O) groups is 2. The number of esters is 2. The van der Waals surface area contributed by atoms with Crippen LogP contribution in [0.15, 0.2) is 0 Å². The summed E-state index contributed by atoms with van der Waals surface area (Å²) in [6.45, 7) is 10.6. The molecule has 184 valence electrons. The molecule has 0 radical (unpaired) electrons. The number of rotatable bonds is 21. The lowest BCUT2D eigenvalue weighted by Crippen LogP contribution is -2.42. The smallest absolute Gasteiger partial charge is 0.323 e. The van der Waals surface area contributed by atoms with E-state index in [1.807, 2.05) is 13.8 Å². The lowest BCUT2D eigenvalue weighted by Gasteiger charge is -2.29. The van der Waals surface area contributed by atoms with E-state index in [0.717, 1.165) is 38.5 Å². The van der Waals surface area contributed by atoms with Gasteiger partial charge >= 0.3 is 11.9 Å². The highest BCUT2D eigenvalue weighted by molar-refractivity contribution is 6.00. The quantitative estimate of drug-likeness (QED) is 0.103. The molecule has 0 bridgehead atoms. The van der Waals surface area contributed by atoms with Crippen LogP contribution < -0.4 is 0 Å². The fraction of sp³-hybridized carbons (Fsp3) is 0.926. The Morgan fingerprint density at radius 2 is 1.06 bits per heavy atom. The molecule has 0 unspecified atom stereocenters. The Kier molecular flexibility index (Phi) is 18.9. The number of carbonyl (C=O) groups excluding carboxylic acids is 2. The molecule has 0 aliphatic rings. The van der Waals surface area contributed by atoms with Gasteiger partial charge in [0.2, 0.25) is 0 Å². The van der Waals surface area contributed by atoms with Crippen molar-refractivity contribution in [2.24, 2.45) is 5.41 Å². The number of hydrogen-bond acceptors (Lipinski definition) is 4. The first-order valence-corrected chi connectivity index (χ1v) is 13.4. The largest absolute Gasteiger partial charge is 0.465 e. The van der Waals surface area contributed by atoms with E-state index in [0.29, 0.717) is 19.4 Å². The van der Waals surface area contributed by atoms with Crippen LogP contribution in [0.2, 0.25) is 0 Å². The normalized spacial score (nSPS) is 11.7. The Morgan fingerprint density at radius 1 is 0.613 bits per heavy atom. The van der Waals surface area contributed by atoms with Crippen molar-refractivity contribution >= 4 is 11.9 Å². The van der Waals surface area contributed by atoms with Crippen molar-refractivity contribution in [3.63, 3.8) is 0 Å². The predicted molar refractivity (Wildman–Crippen MR) is 130 cm³/mol. The second-order valence-electron chi connectivity index (χ2n) is 9.07. The van der Waals surface area contributed by atoms with Crippen LogP contribution >= 0.6 is 0 Å². The zero-order valence-electron chi connectivity index (χ0n) is 21.4. The van der Waals surface area contributed by atoms with Crippen LogP contribution in [-0.4, -0.2) is 24.6 Å². The minimum absolute atomic E-state index is 0.0978. The summed E-state index contributed by atoms with van der Waals surface area (Å²) in [6.07, 6.45) is 18.2. The van der Waals surface area contributed by atoms with E-state index >= 15 is 0 Å². The maximum Gasteiger partial charge on any atom is 0.323 e. The average molecular weight is 441 g/mol. The van der Waals surface area contributed by atoms with Gasteiger partial charge in [0, 0.05) is 0 Å². The van der Waals surface area contributed by atoms with Crippen molar-refractivity contribution in [2.45, 2.75) is 150 Å². The van der Waals surface area contributed by atoms with E-state index in [-0.39, 0.29) is 6.10 Å². The van der Waals surface area contributed by atoms with E-state index in [9.17, 15) is 9.59 Å². The van der Waals surface area contributed by atoms with Crippen LogP contribution in [0.3, 0.4) is 0 Å². The zero-order chi connectivity index (χ0) is 23.4. The Hall–Kier alpha value is -1.06. The average Bonchev–Trinajstić information content (AvgIpc) is 2.76. The topological polar surface area (TPSA) is 52.6 Å². The third-order valence-electron chi connectivity index (χ3n) is 6.46. The van der Waals surface area contributed by atoms with Crippen LogP contribution in [0.1, 0.15) is 144 Å². The molecule has 0 aromatic heterocycles. The van der Waals surface area contributed by atoms with Crippen molar-refractivity contribution in [2.75, 3.05) is 6.61 Å². The van der Waals surface area contributed by atoms with E-state index in [1.54, 1.807) is 0 Å². The van der Waals surface area contributed by atoms with Gasteiger partial charge in [-0.2, -0.15) is 0 Å². The summed E-state index contributed by atoms with van der Waals surface area (Å²) in [5, 5.41) is 0. The molecule has 0 saturated carbocycles. The molecule has 0 aromatic rings. The predicted octanol–water partition coefficient (Wildman–Crippen LogP) is 8.16. The molecule has 4 nitrogen and oxygen atoms in total. The summed E-state index contributed by atoms with van der Waals surface area (Å²) in [5.74, 6) is -0.797. The van der Waals surface area contributed by atoms with Gasteiger partial charge in [0.15, 0.2) is 5.41 Å². The van der Waals surface area contributed by atoms with Gasteiger partial charge in [-0.1, -0.05) is 112 Å². The molecule has 0 aliphatic carbocycles. The molecule has 0 aromatic carbocycles. The van der Waals surface area contributed by atoms with Gasteiger partial charge in [-0.3, -0.25) is 9.59 Å². The molecule has 0 saturated heterocycles. The minimum atomic E-state index is -1.16. The molecule has 0 atom stereocenters. The highest BCUT2D eigenvalue weighted by atomic mass is 16.6. The molecular weight excluding hydrogens is 388 g/mol. The van der Waals surface area contributed by atoms with Crippen LogP contribution in [0.5, 0.6) is 0 Å². The van der Waals surface area contributed by atoms with Gasteiger partial charge < -0.3 is 9.47 Å². The van der Waals surface area contributed by atoms with Crippen molar-refractivity contribution in [1.82, 2.24) is 0 Å². The third kappa shape index (κ3) is 12.5. The first-order chi connectivity index (χ1) is 15.0. The van der Waals surface area contributed by atoms with E-state index in [1.165, 1.54) is 57.8 Å². The molecule has 0 N–H and O–H groups in total. The fourth-order valence-electron chi connectivity index (χ4n) is 4.15. The Morgan fingerprint density at radius 3 is 1.48 bits per heavy atom. The van der Waals surface area contributed by atoms with Crippen molar-refractivity contribution in [3.8, 4) is 0 Å². The standard InChI is InChI=1S/C27H52O4/c1-6-11-12-13-14-15-16-17-18-19-20-23-30-25(28)27(9-4,10-5)26(29)31-24(21-7-2)22-8-3/h24H,6-23H2,1-5H3. The highest BCUT2D eigenvalue weighted by Crippen LogP contribution is 2.31. The van der Waals surface area contributed by atoms with E-state index < -0.39 is 17.4 Å². The molecule has 31 heavy (non-hydrogen) atoms. The molecule has 4 heteroatoms. The molecule has 0 rings (SSSR count). The van der Waals surface area contributed by atoms with Gasteiger partial charge in [0.1, 0.15) is 6.10 Å². The molecular formula is C27H52O4. The summed E-state index contributed by atoms with van der Waals surface area (Å²) >= 11 is 0. The maximum absolute atomic E-state index is 12.9. The van der Waals surface area contributed by atoms with Crippen molar-refractivity contribution in [3.05, 3.63) is 0 Å². The molecule has 0 heterocycles. The Balaban J connectivity index is 4.22. The summed E-state index contributed by atoms with van der Waals surface area (Å²) in [4.78, 5) is 25.7. The Bertz CT molecular complexity index is 437. The minimum Gasteiger partial charge on any atom is -0.465 e. The monoisotopic (exact) mass is 440 g/mol. The van der Waals surface area contributed by atoms with Crippen LogP contribution in [0.4, 0.5) is 0 Å². The summed E-state index contributed by atoms with van der Waals surface area (Å²) in [5.41, 5.74) is -1.16. The summed E-state index contributed by atoms with van der Waals surface area (Å²) in [7, 11) is 0. The fourth-order valence-corrected chi connectivity index (χ4v) is 4.15. The van der Waals surface area contributed by atoms with Gasteiger partial charge in [0.25, 0.3) is 0 Å².